The molecule has 96 valence electrons. The van der Waals surface area contributed by atoms with Gasteiger partial charge >= 0.3 is 5.69 Å². The maximum absolute atomic E-state index is 12.4. The van der Waals surface area contributed by atoms with E-state index in [2.05, 4.69) is 0 Å². The van der Waals surface area contributed by atoms with Gasteiger partial charge in [-0.25, -0.2) is 4.79 Å². The van der Waals surface area contributed by atoms with Crippen molar-refractivity contribution in [2.24, 2.45) is 7.05 Å². The molecule has 0 radical (unpaired) electrons. The fourth-order valence-electron chi connectivity index (χ4n) is 2.38. The van der Waals surface area contributed by atoms with Crippen molar-refractivity contribution >= 4 is 22.6 Å². The molecule has 0 amide bonds. The van der Waals surface area contributed by atoms with Crippen molar-refractivity contribution in [2.75, 3.05) is 0 Å². The second kappa shape index (κ2) is 4.28. The van der Waals surface area contributed by atoms with Gasteiger partial charge in [0.05, 0.1) is 16.7 Å². The summed E-state index contributed by atoms with van der Waals surface area (Å²) in [4.78, 5) is 12.4. The summed E-state index contributed by atoms with van der Waals surface area (Å²) in [5.74, 6) is 0. The van der Waals surface area contributed by atoms with Crippen LogP contribution in [0.5, 0.6) is 0 Å². The normalized spacial score (nSPS) is 11.1. The van der Waals surface area contributed by atoms with Gasteiger partial charge in [0.2, 0.25) is 0 Å². The number of aryl methyl sites for hydroxylation is 2. The quantitative estimate of drug-likeness (QED) is 0.668. The monoisotopic (exact) mass is 272 g/mol. The van der Waals surface area contributed by atoms with Gasteiger partial charge in [0.25, 0.3) is 0 Å². The largest absolute Gasteiger partial charge is 0.333 e. The topological polar surface area (TPSA) is 26.9 Å². The summed E-state index contributed by atoms with van der Waals surface area (Å²) >= 11 is 6.18. The number of imidazole rings is 1. The molecule has 3 rings (SSSR count). The molecule has 0 aliphatic heterocycles. The van der Waals surface area contributed by atoms with Crippen molar-refractivity contribution in [1.82, 2.24) is 9.13 Å². The zero-order valence-corrected chi connectivity index (χ0v) is 11.5. The molecular formula is C15H13ClN2O. The molecule has 4 heteroatoms. The molecular weight excluding hydrogens is 260 g/mol. The lowest BCUT2D eigenvalue weighted by molar-refractivity contribution is 0.846. The van der Waals surface area contributed by atoms with E-state index in [4.69, 9.17) is 11.6 Å². The number of nitrogens with zero attached hydrogens (tertiary/aromatic N) is 2. The third-order valence-electron chi connectivity index (χ3n) is 3.42. The van der Waals surface area contributed by atoms with E-state index in [1.807, 2.05) is 49.4 Å². The van der Waals surface area contributed by atoms with E-state index in [0.717, 1.165) is 22.3 Å². The van der Waals surface area contributed by atoms with Crippen LogP contribution in [0.3, 0.4) is 0 Å². The number of halogens is 1. The summed E-state index contributed by atoms with van der Waals surface area (Å²) in [5.41, 5.74) is 3.46. The summed E-state index contributed by atoms with van der Waals surface area (Å²) in [5, 5.41) is 0.669. The van der Waals surface area contributed by atoms with E-state index >= 15 is 0 Å². The molecule has 0 saturated carbocycles. The molecule has 0 aliphatic carbocycles. The van der Waals surface area contributed by atoms with Gasteiger partial charge in [-0.05, 0) is 36.8 Å². The van der Waals surface area contributed by atoms with E-state index < -0.39 is 0 Å². The minimum Gasteiger partial charge on any atom is -0.295 e. The van der Waals surface area contributed by atoms with Crippen molar-refractivity contribution in [3.8, 4) is 5.69 Å². The Labute approximate surface area is 115 Å². The Morgan fingerprint density at radius 2 is 1.74 bits per heavy atom. The van der Waals surface area contributed by atoms with Gasteiger partial charge in [-0.3, -0.25) is 9.13 Å². The average molecular weight is 273 g/mol. The first kappa shape index (κ1) is 12.1. The maximum Gasteiger partial charge on any atom is 0.333 e. The molecule has 0 atom stereocenters. The van der Waals surface area contributed by atoms with Gasteiger partial charge in [0.15, 0.2) is 0 Å². The number of aromatic nitrogens is 2. The van der Waals surface area contributed by atoms with E-state index in [1.54, 1.807) is 16.2 Å². The second-order valence-corrected chi connectivity index (χ2v) is 4.96. The molecule has 0 spiro atoms. The van der Waals surface area contributed by atoms with Gasteiger partial charge in [-0.1, -0.05) is 29.8 Å². The van der Waals surface area contributed by atoms with E-state index in [1.165, 1.54) is 0 Å². The van der Waals surface area contributed by atoms with Crippen LogP contribution in [-0.2, 0) is 7.05 Å². The Morgan fingerprint density at radius 3 is 2.42 bits per heavy atom. The Balaban J connectivity index is 2.52. The Bertz CT molecular complexity index is 816. The van der Waals surface area contributed by atoms with Crippen LogP contribution in [0.25, 0.3) is 16.7 Å². The lowest BCUT2D eigenvalue weighted by Crippen LogP contribution is -2.20. The van der Waals surface area contributed by atoms with Crippen molar-refractivity contribution in [3.63, 3.8) is 0 Å². The van der Waals surface area contributed by atoms with Crippen molar-refractivity contribution in [3.05, 3.63) is 63.5 Å². The molecule has 3 nitrogen and oxygen atoms in total. The fraction of sp³-hybridized carbons (Fsp3) is 0.133. The smallest absolute Gasteiger partial charge is 0.295 e. The number of hydrogen-bond donors (Lipinski definition) is 0. The molecule has 19 heavy (non-hydrogen) atoms. The van der Waals surface area contributed by atoms with Crippen LogP contribution in [0.1, 0.15) is 5.56 Å². The average Bonchev–Trinajstić information content (AvgIpc) is 2.68. The third-order valence-corrected chi connectivity index (χ3v) is 3.83. The highest BCUT2D eigenvalue weighted by Crippen LogP contribution is 2.26. The van der Waals surface area contributed by atoms with Crippen LogP contribution in [0.2, 0.25) is 5.02 Å². The summed E-state index contributed by atoms with van der Waals surface area (Å²) in [6.45, 7) is 1.93. The molecule has 0 bridgehead atoms. The van der Waals surface area contributed by atoms with Crippen LogP contribution in [0.4, 0.5) is 0 Å². The highest BCUT2D eigenvalue weighted by molar-refractivity contribution is 6.32. The highest BCUT2D eigenvalue weighted by atomic mass is 35.5. The van der Waals surface area contributed by atoms with Gasteiger partial charge in [-0.15, -0.1) is 0 Å². The predicted molar refractivity (Wildman–Crippen MR) is 78.3 cm³/mol. The fourth-order valence-corrected chi connectivity index (χ4v) is 2.53. The number of para-hydroxylation sites is 1. The van der Waals surface area contributed by atoms with Crippen LogP contribution in [0.15, 0.2) is 47.3 Å². The minimum absolute atomic E-state index is 0.0634. The third kappa shape index (κ3) is 1.70. The van der Waals surface area contributed by atoms with Crippen molar-refractivity contribution < 1.29 is 0 Å². The Kier molecular flexibility index (Phi) is 2.72. The first-order valence-electron chi connectivity index (χ1n) is 6.03. The van der Waals surface area contributed by atoms with E-state index in [9.17, 15) is 4.79 Å². The minimum atomic E-state index is -0.0634. The van der Waals surface area contributed by atoms with E-state index in [0.29, 0.717) is 5.02 Å². The molecule has 0 aliphatic rings. The zero-order chi connectivity index (χ0) is 13.6. The first-order chi connectivity index (χ1) is 9.11. The van der Waals surface area contributed by atoms with Gasteiger partial charge in [0.1, 0.15) is 0 Å². The predicted octanol–water partition coefficient (Wildman–Crippen LogP) is 3.29. The molecule has 1 heterocycles. The Hall–Kier alpha value is -2.00. The molecule has 0 fully saturated rings. The van der Waals surface area contributed by atoms with Gasteiger partial charge < -0.3 is 0 Å². The van der Waals surface area contributed by atoms with Gasteiger partial charge in [-0.2, -0.15) is 0 Å². The SMILES string of the molecule is Cc1c(Cl)ccc2c1n(-c1ccccc1)c(=O)n2C. The van der Waals surface area contributed by atoms with Crippen molar-refractivity contribution in [1.29, 1.82) is 0 Å². The zero-order valence-electron chi connectivity index (χ0n) is 10.7. The summed E-state index contributed by atoms with van der Waals surface area (Å²) in [7, 11) is 1.78. The van der Waals surface area contributed by atoms with E-state index in [-0.39, 0.29) is 5.69 Å². The standard InChI is InChI=1S/C15H13ClN2O/c1-10-12(16)8-9-13-14(10)18(15(19)17(13)2)11-6-4-3-5-7-11/h3-9H,1-2H3. The lowest BCUT2D eigenvalue weighted by Gasteiger charge is -2.06. The first-order valence-corrected chi connectivity index (χ1v) is 6.41. The summed E-state index contributed by atoms with van der Waals surface area (Å²) in [6, 6.07) is 13.3. The number of fused-ring (bicyclic) bond motifs is 1. The molecule has 0 unspecified atom stereocenters. The van der Waals surface area contributed by atoms with Crippen LogP contribution >= 0.6 is 11.6 Å². The van der Waals surface area contributed by atoms with Crippen LogP contribution in [-0.4, -0.2) is 9.13 Å². The number of hydrogen-bond acceptors (Lipinski definition) is 1. The highest BCUT2D eigenvalue weighted by Gasteiger charge is 2.15. The number of benzene rings is 2. The van der Waals surface area contributed by atoms with Crippen molar-refractivity contribution in [2.45, 2.75) is 6.92 Å². The van der Waals surface area contributed by atoms with Gasteiger partial charge in [0, 0.05) is 12.1 Å². The second-order valence-electron chi connectivity index (χ2n) is 4.55. The molecule has 1 aromatic heterocycles. The molecule has 2 aromatic carbocycles. The molecule has 3 aromatic rings. The maximum atomic E-state index is 12.4. The summed E-state index contributed by atoms with van der Waals surface area (Å²) in [6.07, 6.45) is 0. The van der Waals surface area contributed by atoms with Crippen LogP contribution in [0, 0.1) is 6.92 Å². The van der Waals surface area contributed by atoms with Crippen LogP contribution < -0.4 is 5.69 Å². The number of rotatable bonds is 1. The molecule has 0 saturated heterocycles. The summed E-state index contributed by atoms with van der Waals surface area (Å²) < 4.78 is 3.35. The Morgan fingerprint density at radius 1 is 1.05 bits per heavy atom. The lowest BCUT2D eigenvalue weighted by atomic mass is 10.2. The molecule has 0 N–H and O–H groups in total.